The lowest BCUT2D eigenvalue weighted by atomic mass is 9.89. The predicted octanol–water partition coefficient (Wildman–Crippen LogP) is -1.89. The van der Waals surface area contributed by atoms with E-state index in [0.717, 1.165) is 13.0 Å². The minimum atomic E-state index is -1.58. The van der Waals surface area contributed by atoms with Gasteiger partial charge < -0.3 is 29.9 Å². The lowest BCUT2D eigenvalue weighted by molar-refractivity contribution is -0.260. The average Bonchev–Trinajstić information content (AvgIpc) is 2.42. The van der Waals surface area contributed by atoms with E-state index < -0.39 is 48.9 Å². The maximum absolute atomic E-state index is 11.7. The van der Waals surface area contributed by atoms with Crippen LogP contribution in [0.15, 0.2) is 11.6 Å². The van der Waals surface area contributed by atoms with Crippen LogP contribution in [0.4, 0.5) is 0 Å². The Hall–Kier alpha value is -1.32. The second kappa shape index (κ2) is 7.62. The molecule has 1 aliphatic heterocycles. The molecule has 1 aliphatic rings. The zero-order chi connectivity index (χ0) is 16.2. The number of Topliss-reactive ketones (excluding diaryl/α,β-unsaturated/α-hetero) is 1. The Balaban J connectivity index is 3.03. The van der Waals surface area contributed by atoms with Crippen LogP contribution in [-0.2, 0) is 19.1 Å². The smallest absolute Gasteiger partial charge is 0.341 e. The van der Waals surface area contributed by atoms with Gasteiger partial charge in [-0.05, 0) is 13.8 Å². The molecule has 0 aromatic heterocycles. The van der Waals surface area contributed by atoms with Gasteiger partial charge >= 0.3 is 5.97 Å². The number of ether oxygens (including phenoxy) is 2. The number of esters is 1. The van der Waals surface area contributed by atoms with Gasteiger partial charge in [0, 0.05) is 0 Å². The molecule has 21 heavy (non-hydrogen) atoms. The summed E-state index contributed by atoms with van der Waals surface area (Å²) in [5, 5.41) is 38.4. The van der Waals surface area contributed by atoms with E-state index >= 15 is 0 Å². The van der Waals surface area contributed by atoms with E-state index in [2.05, 4.69) is 0 Å². The van der Waals surface area contributed by atoms with Crippen molar-refractivity contribution >= 4 is 11.8 Å². The van der Waals surface area contributed by atoms with Gasteiger partial charge in [0.2, 0.25) is 0 Å². The van der Waals surface area contributed by atoms with Gasteiger partial charge in [0.15, 0.2) is 12.1 Å². The molecule has 0 aliphatic carbocycles. The Morgan fingerprint density at radius 3 is 2.33 bits per heavy atom. The van der Waals surface area contributed by atoms with Gasteiger partial charge in [-0.25, -0.2) is 4.79 Å². The van der Waals surface area contributed by atoms with E-state index in [1.165, 1.54) is 0 Å². The molecule has 4 N–H and O–H groups in total. The fourth-order valence-corrected chi connectivity index (χ4v) is 2.03. The number of aliphatic hydroxyl groups excluding tert-OH is 4. The zero-order valence-corrected chi connectivity index (χ0v) is 11.8. The highest BCUT2D eigenvalue weighted by molar-refractivity contribution is 6.16. The third-order valence-corrected chi connectivity index (χ3v) is 3.18. The van der Waals surface area contributed by atoms with E-state index in [4.69, 9.17) is 14.6 Å². The Morgan fingerprint density at radius 1 is 1.24 bits per heavy atom. The molecule has 8 heteroatoms. The van der Waals surface area contributed by atoms with Crippen molar-refractivity contribution in [3.05, 3.63) is 11.6 Å². The average molecular weight is 304 g/mol. The first-order valence-corrected chi connectivity index (χ1v) is 6.53. The second-order valence-electron chi connectivity index (χ2n) is 4.66. The van der Waals surface area contributed by atoms with Crippen LogP contribution in [0.1, 0.15) is 13.8 Å². The largest absolute Gasteiger partial charge is 0.462 e. The SMILES string of the molecule is CCOC(=O)/C(=C/[C@@H]1[C@@H](O)[C@H](O)[C@@H](CO)O[C@@H]1O)C(C)=O. The fourth-order valence-electron chi connectivity index (χ4n) is 2.03. The van der Waals surface area contributed by atoms with Crippen LogP contribution < -0.4 is 0 Å². The van der Waals surface area contributed by atoms with E-state index in [-0.39, 0.29) is 12.2 Å². The summed E-state index contributed by atoms with van der Waals surface area (Å²) in [6, 6.07) is 0. The van der Waals surface area contributed by atoms with Gasteiger partial charge in [0.25, 0.3) is 0 Å². The Kier molecular flexibility index (Phi) is 6.43. The Labute approximate surface area is 121 Å². The molecule has 0 unspecified atom stereocenters. The molecule has 0 amide bonds. The van der Waals surface area contributed by atoms with Crippen LogP contribution in [0, 0.1) is 5.92 Å². The van der Waals surface area contributed by atoms with E-state index in [1.807, 2.05) is 0 Å². The van der Waals surface area contributed by atoms with Crippen molar-refractivity contribution < 1.29 is 39.5 Å². The molecule has 0 saturated carbocycles. The molecule has 0 bridgehead atoms. The Morgan fingerprint density at radius 2 is 1.86 bits per heavy atom. The lowest BCUT2D eigenvalue weighted by Crippen LogP contribution is -2.55. The quantitative estimate of drug-likeness (QED) is 0.200. The zero-order valence-electron chi connectivity index (χ0n) is 11.8. The molecule has 120 valence electrons. The first-order chi connectivity index (χ1) is 9.83. The highest BCUT2D eigenvalue weighted by atomic mass is 16.6. The summed E-state index contributed by atoms with van der Waals surface area (Å²) in [5.41, 5.74) is -0.349. The van der Waals surface area contributed by atoms with Gasteiger partial charge in [-0.2, -0.15) is 0 Å². The third-order valence-electron chi connectivity index (χ3n) is 3.18. The van der Waals surface area contributed by atoms with Crippen molar-refractivity contribution in [2.75, 3.05) is 13.2 Å². The van der Waals surface area contributed by atoms with Crippen molar-refractivity contribution in [2.45, 2.75) is 38.4 Å². The van der Waals surface area contributed by atoms with Crippen molar-refractivity contribution in [2.24, 2.45) is 5.92 Å². The molecular weight excluding hydrogens is 284 g/mol. The van der Waals surface area contributed by atoms with Crippen LogP contribution in [0.5, 0.6) is 0 Å². The highest BCUT2D eigenvalue weighted by Crippen LogP contribution is 2.27. The van der Waals surface area contributed by atoms with Gasteiger partial charge in [-0.3, -0.25) is 4.79 Å². The normalized spacial score (nSPS) is 33.6. The van der Waals surface area contributed by atoms with Gasteiger partial charge in [-0.1, -0.05) is 6.08 Å². The molecule has 1 fully saturated rings. The molecule has 5 atom stereocenters. The summed E-state index contributed by atoms with van der Waals surface area (Å²) in [7, 11) is 0. The van der Waals surface area contributed by atoms with Crippen LogP contribution in [0.2, 0.25) is 0 Å². The number of hydrogen-bond acceptors (Lipinski definition) is 8. The standard InChI is InChI=1S/C13H20O8/c1-3-20-12(18)7(6(2)15)4-8-10(16)11(17)9(5-14)21-13(8)19/h4,8-11,13-14,16-17,19H,3,5H2,1-2H3/b7-4+/t8-,9-,10-,11-,13+/m1/s1. The maximum atomic E-state index is 11.7. The summed E-state index contributed by atoms with van der Waals surface area (Å²) in [5.74, 6) is -2.69. The van der Waals surface area contributed by atoms with Crippen LogP contribution in [0.25, 0.3) is 0 Å². The number of carbonyl (C=O) groups excluding carboxylic acids is 2. The molecule has 0 radical (unpaired) electrons. The highest BCUT2D eigenvalue weighted by Gasteiger charge is 2.43. The van der Waals surface area contributed by atoms with Gasteiger partial charge in [-0.15, -0.1) is 0 Å². The minimum absolute atomic E-state index is 0.0605. The number of carbonyl (C=O) groups is 2. The molecule has 0 spiro atoms. The topological polar surface area (TPSA) is 134 Å². The number of hydrogen-bond donors (Lipinski definition) is 4. The summed E-state index contributed by atoms with van der Waals surface area (Å²) >= 11 is 0. The molecule has 8 nitrogen and oxygen atoms in total. The molecule has 0 aromatic carbocycles. The number of aliphatic hydroxyl groups is 4. The summed E-state index contributed by atoms with van der Waals surface area (Å²) in [6.45, 7) is 2.17. The maximum Gasteiger partial charge on any atom is 0.341 e. The van der Waals surface area contributed by atoms with Crippen LogP contribution in [-0.4, -0.2) is 70.0 Å². The molecule has 1 rings (SSSR count). The molecule has 1 saturated heterocycles. The van der Waals surface area contributed by atoms with Crippen LogP contribution in [0.3, 0.4) is 0 Å². The monoisotopic (exact) mass is 304 g/mol. The van der Waals surface area contributed by atoms with E-state index in [0.29, 0.717) is 0 Å². The number of ketones is 1. The first-order valence-electron chi connectivity index (χ1n) is 6.53. The van der Waals surface area contributed by atoms with Gasteiger partial charge in [0.05, 0.1) is 30.8 Å². The lowest BCUT2D eigenvalue weighted by Gasteiger charge is -2.39. The molecule has 0 aromatic rings. The van der Waals surface area contributed by atoms with E-state index in [9.17, 15) is 24.9 Å². The summed E-state index contributed by atoms with van der Waals surface area (Å²) in [4.78, 5) is 23.1. The molecule has 1 heterocycles. The van der Waals surface area contributed by atoms with Crippen molar-refractivity contribution in [1.29, 1.82) is 0 Å². The van der Waals surface area contributed by atoms with Crippen molar-refractivity contribution in [3.8, 4) is 0 Å². The second-order valence-corrected chi connectivity index (χ2v) is 4.66. The van der Waals surface area contributed by atoms with Crippen molar-refractivity contribution in [3.63, 3.8) is 0 Å². The first kappa shape index (κ1) is 17.7. The predicted molar refractivity (Wildman–Crippen MR) is 68.9 cm³/mol. The van der Waals surface area contributed by atoms with Gasteiger partial charge in [0.1, 0.15) is 12.2 Å². The minimum Gasteiger partial charge on any atom is -0.462 e. The number of rotatable bonds is 5. The van der Waals surface area contributed by atoms with Crippen LogP contribution >= 0.6 is 0 Å². The summed E-state index contributed by atoms with van der Waals surface area (Å²) < 4.78 is 9.65. The summed E-state index contributed by atoms with van der Waals surface area (Å²) in [6.07, 6.45) is -4.68. The third kappa shape index (κ3) is 4.08. The van der Waals surface area contributed by atoms with Crippen molar-refractivity contribution in [1.82, 2.24) is 0 Å². The fraction of sp³-hybridized carbons (Fsp3) is 0.692. The van der Waals surface area contributed by atoms with E-state index in [1.54, 1.807) is 6.92 Å². The molecular formula is C13H20O8. The Bertz CT molecular complexity index is 418.